The van der Waals surface area contributed by atoms with Crippen molar-refractivity contribution in [3.05, 3.63) is 21.9 Å². The van der Waals surface area contributed by atoms with E-state index in [1.54, 1.807) is 11.3 Å². The van der Waals surface area contributed by atoms with E-state index in [1.807, 2.05) is 36.0 Å². The second-order valence-electron chi connectivity index (χ2n) is 8.71. The maximum Gasteiger partial charge on any atom is 0.410 e. The Morgan fingerprint density at radius 2 is 1.70 bits per heavy atom. The third-order valence-corrected chi connectivity index (χ3v) is 6.33. The van der Waals surface area contributed by atoms with Crippen LogP contribution in [-0.2, 0) is 4.74 Å². The summed E-state index contributed by atoms with van der Waals surface area (Å²) >= 11 is 1.65. The van der Waals surface area contributed by atoms with E-state index in [0.29, 0.717) is 12.5 Å². The molecule has 2 aliphatic heterocycles. The molecule has 1 unspecified atom stereocenters. The minimum absolute atomic E-state index is 0.166. The third-order valence-electron chi connectivity index (χ3n) is 5.24. The number of hydrogen-bond donors (Lipinski definition) is 0. The van der Waals surface area contributed by atoms with Gasteiger partial charge in [0.1, 0.15) is 5.60 Å². The van der Waals surface area contributed by atoms with E-state index in [9.17, 15) is 9.59 Å². The molecule has 0 radical (unpaired) electrons. The number of amides is 2. The second-order valence-corrected chi connectivity index (χ2v) is 9.65. The Labute approximate surface area is 166 Å². The van der Waals surface area contributed by atoms with Gasteiger partial charge >= 0.3 is 6.09 Å². The van der Waals surface area contributed by atoms with Crippen LogP contribution in [0.2, 0.25) is 0 Å². The van der Waals surface area contributed by atoms with Gasteiger partial charge in [0, 0.05) is 42.4 Å². The lowest BCUT2D eigenvalue weighted by molar-refractivity contribution is 0.0199. The van der Waals surface area contributed by atoms with Crippen molar-refractivity contribution in [3.63, 3.8) is 0 Å². The summed E-state index contributed by atoms with van der Waals surface area (Å²) in [7, 11) is 0. The summed E-state index contributed by atoms with van der Waals surface area (Å²) in [6.45, 7) is 8.85. The molecule has 2 saturated heterocycles. The summed E-state index contributed by atoms with van der Waals surface area (Å²) in [6.07, 6.45) is 6.45. The fraction of sp³-hybridized carbons (Fsp3) is 0.714. The lowest BCUT2D eigenvalue weighted by atomic mass is 9.96. The van der Waals surface area contributed by atoms with Crippen molar-refractivity contribution in [3.8, 4) is 0 Å². The normalized spacial score (nSPS) is 21.7. The van der Waals surface area contributed by atoms with E-state index in [-0.39, 0.29) is 12.0 Å². The van der Waals surface area contributed by atoms with Gasteiger partial charge in [-0.3, -0.25) is 4.79 Å². The van der Waals surface area contributed by atoms with Gasteiger partial charge in [0.2, 0.25) is 0 Å². The van der Waals surface area contributed by atoms with Gasteiger partial charge in [0.25, 0.3) is 5.91 Å². The fourth-order valence-electron chi connectivity index (χ4n) is 3.84. The van der Waals surface area contributed by atoms with Crippen LogP contribution in [0.3, 0.4) is 0 Å². The van der Waals surface area contributed by atoms with E-state index < -0.39 is 5.60 Å². The molecular weight excluding hydrogens is 360 g/mol. The predicted octanol–water partition coefficient (Wildman–Crippen LogP) is 4.88. The molecule has 0 saturated carbocycles. The highest BCUT2D eigenvalue weighted by molar-refractivity contribution is 7.10. The molecule has 27 heavy (non-hydrogen) atoms. The number of piperidine rings is 1. The first-order valence-electron chi connectivity index (χ1n) is 10.2. The van der Waals surface area contributed by atoms with Gasteiger partial charge < -0.3 is 14.5 Å². The Bertz CT molecular complexity index is 657. The van der Waals surface area contributed by atoms with E-state index in [2.05, 4.69) is 6.07 Å². The summed E-state index contributed by atoms with van der Waals surface area (Å²) < 4.78 is 5.53. The fourth-order valence-corrected chi connectivity index (χ4v) is 4.85. The van der Waals surface area contributed by atoms with E-state index in [0.717, 1.165) is 50.9 Å². The number of carbonyl (C=O) groups is 2. The highest BCUT2D eigenvalue weighted by Crippen LogP contribution is 2.32. The molecule has 150 valence electrons. The van der Waals surface area contributed by atoms with Crippen LogP contribution in [0.25, 0.3) is 0 Å². The van der Waals surface area contributed by atoms with Crippen LogP contribution in [0.15, 0.2) is 11.4 Å². The first kappa shape index (κ1) is 20.2. The monoisotopic (exact) mass is 392 g/mol. The zero-order valence-corrected chi connectivity index (χ0v) is 17.6. The third kappa shape index (κ3) is 5.47. The standard InChI is InChI=1S/C21H32N2O3S/c1-21(2,3)26-20(25)23-12-8-9-16(14-23)18-13-17(15-27-18)19(24)22-10-6-4-5-7-11-22/h13,15-16H,4-12,14H2,1-3H3. The Kier molecular flexibility index (Phi) is 6.45. The Balaban J connectivity index is 1.63. The molecule has 0 aromatic carbocycles. The van der Waals surface area contributed by atoms with Crippen molar-refractivity contribution in [1.82, 2.24) is 9.80 Å². The van der Waals surface area contributed by atoms with Crippen LogP contribution in [0.4, 0.5) is 4.79 Å². The van der Waals surface area contributed by atoms with E-state index >= 15 is 0 Å². The van der Waals surface area contributed by atoms with Gasteiger partial charge in [-0.1, -0.05) is 12.8 Å². The van der Waals surface area contributed by atoms with Crippen LogP contribution >= 0.6 is 11.3 Å². The highest BCUT2D eigenvalue weighted by Gasteiger charge is 2.29. The molecule has 3 rings (SSSR count). The molecule has 1 aromatic heterocycles. The quantitative estimate of drug-likeness (QED) is 0.721. The second kappa shape index (κ2) is 8.63. The van der Waals surface area contributed by atoms with Crippen LogP contribution in [0.1, 0.15) is 80.4 Å². The SMILES string of the molecule is CC(C)(C)OC(=O)N1CCCC(c2cc(C(=O)N3CCCCCC3)cs2)C1. The molecule has 2 amide bonds. The van der Waals surface area contributed by atoms with Gasteiger partial charge in [0.15, 0.2) is 0 Å². The summed E-state index contributed by atoms with van der Waals surface area (Å²) in [5, 5.41) is 2.00. The van der Waals surface area contributed by atoms with Crippen molar-refractivity contribution in [2.24, 2.45) is 0 Å². The first-order chi connectivity index (χ1) is 12.8. The number of nitrogens with zero attached hydrogens (tertiary/aromatic N) is 2. The lowest BCUT2D eigenvalue weighted by Crippen LogP contribution is -2.42. The molecule has 0 spiro atoms. The largest absolute Gasteiger partial charge is 0.444 e. The maximum atomic E-state index is 12.8. The predicted molar refractivity (Wildman–Crippen MR) is 108 cm³/mol. The van der Waals surface area contributed by atoms with Crippen LogP contribution in [-0.4, -0.2) is 53.6 Å². The molecule has 2 aliphatic rings. The number of thiophene rings is 1. The van der Waals surface area contributed by atoms with Crippen molar-refractivity contribution in [2.45, 2.75) is 70.8 Å². The Morgan fingerprint density at radius 3 is 2.37 bits per heavy atom. The molecule has 3 heterocycles. The average molecular weight is 393 g/mol. The van der Waals surface area contributed by atoms with Crippen molar-refractivity contribution >= 4 is 23.3 Å². The molecule has 0 aliphatic carbocycles. The first-order valence-corrected chi connectivity index (χ1v) is 11.1. The molecular formula is C21H32N2O3S. The van der Waals surface area contributed by atoms with Crippen LogP contribution < -0.4 is 0 Å². The summed E-state index contributed by atoms with van der Waals surface area (Å²) in [5.41, 5.74) is 0.339. The van der Waals surface area contributed by atoms with Crippen molar-refractivity contribution in [1.29, 1.82) is 0 Å². The van der Waals surface area contributed by atoms with Crippen molar-refractivity contribution in [2.75, 3.05) is 26.2 Å². The number of carbonyl (C=O) groups excluding carboxylic acids is 2. The zero-order valence-electron chi connectivity index (χ0n) is 16.8. The lowest BCUT2D eigenvalue weighted by Gasteiger charge is -2.33. The van der Waals surface area contributed by atoms with Crippen LogP contribution in [0, 0.1) is 0 Å². The topological polar surface area (TPSA) is 49.9 Å². The van der Waals surface area contributed by atoms with Gasteiger partial charge in [-0.25, -0.2) is 4.79 Å². The molecule has 1 aromatic rings. The summed E-state index contributed by atoms with van der Waals surface area (Å²) in [4.78, 5) is 30.2. The highest BCUT2D eigenvalue weighted by atomic mass is 32.1. The van der Waals surface area contributed by atoms with Crippen molar-refractivity contribution < 1.29 is 14.3 Å². The molecule has 0 N–H and O–H groups in total. The van der Waals surface area contributed by atoms with Gasteiger partial charge in [-0.05, 0) is 52.5 Å². The number of likely N-dealkylation sites (tertiary alicyclic amines) is 2. The van der Waals surface area contributed by atoms with Crippen LogP contribution in [0.5, 0.6) is 0 Å². The average Bonchev–Trinajstić information content (AvgIpc) is 2.95. The van der Waals surface area contributed by atoms with Gasteiger partial charge in [0.05, 0.1) is 5.56 Å². The number of rotatable bonds is 2. The molecule has 6 heteroatoms. The molecule has 1 atom stereocenters. The molecule has 5 nitrogen and oxygen atoms in total. The minimum Gasteiger partial charge on any atom is -0.444 e. The zero-order chi connectivity index (χ0) is 19.4. The Hall–Kier alpha value is -1.56. The maximum absolute atomic E-state index is 12.8. The smallest absolute Gasteiger partial charge is 0.410 e. The minimum atomic E-state index is -0.473. The molecule has 0 bridgehead atoms. The van der Waals surface area contributed by atoms with Gasteiger partial charge in [-0.15, -0.1) is 11.3 Å². The van der Waals surface area contributed by atoms with Gasteiger partial charge in [-0.2, -0.15) is 0 Å². The Morgan fingerprint density at radius 1 is 1.04 bits per heavy atom. The number of hydrogen-bond acceptors (Lipinski definition) is 4. The summed E-state index contributed by atoms with van der Waals surface area (Å²) in [5.74, 6) is 0.459. The molecule has 2 fully saturated rings. The summed E-state index contributed by atoms with van der Waals surface area (Å²) in [6, 6.07) is 2.06. The number of ether oxygens (including phenoxy) is 1. The van der Waals surface area contributed by atoms with E-state index in [1.165, 1.54) is 17.7 Å². The van der Waals surface area contributed by atoms with E-state index in [4.69, 9.17) is 4.74 Å².